The Labute approximate surface area is 152 Å². The van der Waals surface area contributed by atoms with Crippen LogP contribution in [-0.4, -0.2) is 34.8 Å². The number of aromatic nitrogens is 2. The van der Waals surface area contributed by atoms with Gasteiger partial charge in [-0.05, 0) is 24.3 Å². The number of carboxylic acid groups (broad SMARTS) is 1. The molecule has 1 aromatic heterocycles. The highest BCUT2D eigenvalue weighted by Crippen LogP contribution is 2.35. The predicted octanol–water partition coefficient (Wildman–Crippen LogP) is 3.64. The summed E-state index contributed by atoms with van der Waals surface area (Å²) in [4.78, 5) is 19.1. The number of carboxylic acids is 1. The molecule has 0 amide bonds. The van der Waals surface area contributed by atoms with Crippen molar-refractivity contribution in [1.82, 2.24) is 9.97 Å². The van der Waals surface area contributed by atoms with E-state index in [2.05, 4.69) is 15.3 Å². The number of benzene rings is 2. The molecule has 0 atom stereocenters. The minimum absolute atomic E-state index is 0.0273. The molecule has 0 saturated carbocycles. The number of anilines is 2. The Kier molecular flexibility index (Phi) is 5.04. The number of methoxy groups -OCH3 is 1. The highest BCUT2D eigenvalue weighted by Gasteiger charge is 2.13. The van der Waals surface area contributed by atoms with Crippen LogP contribution in [0.2, 0.25) is 5.02 Å². The maximum absolute atomic E-state index is 13.3. The van der Waals surface area contributed by atoms with Gasteiger partial charge in [0.05, 0.1) is 17.6 Å². The van der Waals surface area contributed by atoms with Gasteiger partial charge in [-0.2, -0.15) is 0 Å². The quantitative estimate of drug-likeness (QED) is 0.677. The van der Waals surface area contributed by atoms with Gasteiger partial charge in [0.25, 0.3) is 0 Å². The van der Waals surface area contributed by atoms with Gasteiger partial charge in [0, 0.05) is 17.1 Å². The molecule has 26 heavy (non-hydrogen) atoms. The number of hydrogen-bond donors (Lipinski definition) is 2. The van der Waals surface area contributed by atoms with Gasteiger partial charge in [0.2, 0.25) is 0 Å². The summed E-state index contributed by atoms with van der Waals surface area (Å²) in [5.41, 5.74) is 1.08. The molecule has 2 aromatic carbocycles. The molecular weight excluding hydrogens is 365 g/mol. The third-order valence-corrected chi connectivity index (χ3v) is 3.74. The third kappa shape index (κ3) is 3.75. The zero-order chi connectivity index (χ0) is 18.7. The Morgan fingerprint density at radius 1 is 1.27 bits per heavy atom. The molecule has 9 heteroatoms. The molecule has 2 N–H and O–H groups in total. The average molecular weight is 378 g/mol. The van der Waals surface area contributed by atoms with Crippen LogP contribution in [0.15, 0.2) is 36.7 Å². The number of aliphatic carboxylic acids is 1. The molecule has 0 radical (unpaired) electrons. The van der Waals surface area contributed by atoms with Crippen molar-refractivity contribution < 1.29 is 23.8 Å². The van der Waals surface area contributed by atoms with Crippen LogP contribution in [-0.2, 0) is 4.79 Å². The van der Waals surface area contributed by atoms with Crippen LogP contribution in [0.25, 0.3) is 10.9 Å². The van der Waals surface area contributed by atoms with Crippen LogP contribution in [0.5, 0.6) is 11.5 Å². The maximum atomic E-state index is 13.3. The number of halogens is 2. The summed E-state index contributed by atoms with van der Waals surface area (Å²) in [6.45, 7) is -0.522. The largest absolute Gasteiger partial charge is 0.493 e. The molecular formula is C17H13ClFN3O4. The molecule has 7 nitrogen and oxygen atoms in total. The van der Waals surface area contributed by atoms with E-state index in [1.165, 1.54) is 31.6 Å². The Balaban J connectivity index is 2.03. The van der Waals surface area contributed by atoms with Crippen molar-refractivity contribution in [2.24, 2.45) is 0 Å². The lowest BCUT2D eigenvalue weighted by atomic mass is 10.2. The molecule has 3 rings (SSSR count). The first kappa shape index (κ1) is 17.7. The van der Waals surface area contributed by atoms with E-state index >= 15 is 0 Å². The summed E-state index contributed by atoms with van der Waals surface area (Å²) >= 11 is 5.79. The summed E-state index contributed by atoms with van der Waals surface area (Å²) < 4.78 is 23.8. The van der Waals surface area contributed by atoms with E-state index in [4.69, 9.17) is 26.2 Å². The van der Waals surface area contributed by atoms with Crippen LogP contribution in [0.3, 0.4) is 0 Å². The molecule has 0 bridgehead atoms. The van der Waals surface area contributed by atoms with Gasteiger partial charge in [0.1, 0.15) is 18.0 Å². The smallest absolute Gasteiger partial charge is 0.341 e. The molecule has 134 valence electrons. The molecule has 0 spiro atoms. The number of carbonyl (C=O) groups is 1. The van der Waals surface area contributed by atoms with Gasteiger partial charge < -0.3 is 19.9 Å². The first-order chi connectivity index (χ1) is 12.5. The predicted molar refractivity (Wildman–Crippen MR) is 93.9 cm³/mol. The lowest BCUT2D eigenvalue weighted by molar-refractivity contribution is -0.139. The Morgan fingerprint density at radius 3 is 2.77 bits per heavy atom. The second kappa shape index (κ2) is 7.40. The van der Waals surface area contributed by atoms with E-state index in [9.17, 15) is 9.18 Å². The van der Waals surface area contributed by atoms with Crippen molar-refractivity contribution in [3.05, 3.63) is 47.5 Å². The van der Waals surface area contributed by atoms with E-state index in [1.807, 2.05) is 0 Å². The van der Waals surface area contributed by atoms with Crippen LogP contribution in [0.1, 0.15) is 0 Å². The van der Waals surface area contributed by atoms with Gasteiger partial charge in [-0.25, -0.2) is 19.2 Å². The minimum Gasteiger partial charge on any atom is -0.493 e. The van der Waals surface area contributed by atoms with Gasteiger partial charge in [0.15, 0.2) is 18.1 Å². The fourth-order valence-corrected chi connectivity index (χ4v) is 2.47. The van der Waals surface area contributed by atoms with Crippen LogP contribution in [0, 0.1) is 5.82 Å². The highest BCUT2D eigenvalue weighted by atomic mass is 35.5. The maximum Gasteiger partial charge on any atom is 0.341 e. The van der Waals surface area contributed by atoms with E-state index in [0.29, 0.717) is 28.2 Å². The van der Waals surface area contributed by atoms with Crippen molar-refractivity contribution >= 4 is 40.0 Å². The molecule has 0 saturated heterocycles. The molecule has 0 fully saturated rings. The zero-order valence-electron chi connectivity index (χ0n) is 13.5. The molecule has 0 aliphatic heterocycles. The van der Waals surface area contributed by atoms with Crippen molar-refractivity contribution in [3.8, 4) is 11.5 Å². The second-order valence-corrected chi connectivity index (χ2v) is 5.59. The number of fused-ring (bicyclic) bond motifs is 1. The fourth-order valence-electron chi connectivity index (χ4n) is 2.29. The first-order valence-corrected chi connectivity index (χ1v) is 7.75. The summed E-state index contributed by atoms with van der Waals surface area (Å²) in [5.74, 6) is -0.652. The van der Waals surface area contributed by atoms with Crippen LogP contribution in [0.4, 0.5) is 15.9 Å². The molecule has 0 aliphatic rings. The summed E-state index contributed by atoms with van der Waals surface area (Å²) in [5, 5.41) is 12.4. The molecule has 1 heterocycles. The van der Waals surface area contributed by atoms with E-state index in [1.54, 1.807) is 12.1 Å². The van der Waals surface area contributed by atoms with Gasteiger partial charge in [-0.1, -0.05) is 11.6 Å². The fraction of sp³-hybridized carbons (Fsp3) is 0.118. The third-order valence-electron chi connectivity index (χ3n) is 3.45. The Morgan fingerprint density at radius 2 is 2.08 bits per heavy atom. The van der Waals surface area contributed by atoms with Gasteiger partial charge in [-0.15, -0.1) is 0 Å². The Hall–Kier alpha value is -3.13. The first-order valence-electron chi connectivity index (χ1n) is 7.37. The van der Waals surface area contributed by atoms with Crippen molar-refractivity contribution in [2.45, 2.75) is 0 Å². The monoisotopic (exact) mass is 377 g/mol. The Bertz CT molecular complexity index is 984. The standard InChI is InChI=1S/C17H13ClFN3O4/c1-25-14-6-13-10(5-15(14)26-7-16(23)24)17(21-8-20-13)22-9-2-3-12(19)11(18)4-9/h2-6,8H,7H2,1H3,(H,23,24)(H,20,21,22). The summed E-state index contributed by atoms with van der Waals surface area (Å²) in [7, 11) is 1.44. The highest BCUT2D eigenvalue weighted by molar-refractivity contribution is 6.31. The van der Waals surface area contributed by atoms with Crippen molar-refractivity contribution in [2.75, 3.05) is 19.0 Å². The number of rotatable bonds is 6. The average Bonchev–Trinajstić information content (AvgIpc) is 2.62. The summed E-state index contributed by atoms with van der Waals surface area (Å²) in [6.07, 6.45) is 1.35. The van der Waals surface area contributed by atoms with Gasteiger partial charge >= 0.3 is 5.97 Å². The van der Waals surface area contributed by atoms with Crippen molar-refractivity contribution in [1.29, 1.82) is 0 Å². The number of ether oxygens (including phenoxy) is 2. The molecule has 0 aliphatic carbocycles. The minimum atomic E-state index is -1.12. The van der Waals surface area contributed by atoms with Gasteiger partial charge in [-0.3, -0.25) is 0 Å². The topological polar surface area (TPSA) is 93.6 Å². The van der Waals surface area contributed by atoms with E-state index in [-0.39, 0.29) is 10.8 Å². The second-order valence-electron chi connectivity index (χ2n) is 5.18. The lowest BCUT2D eigenvalue weighted by Crippen LogP contribution is -2.10. The molecule has 3 aromatic rings. The SMILES string of the molecule is COc1cc2ncnc(Nc3ccc(F)c(Cl)c3)c2cc1OCC(=O)O. The van der Waals surface area contributed by atoms with Crippen LogP contribution < -0.4 is 14.8 Å². The van der Waals surface area contributed by atoms with E-state index < -0.39 is 18.4 Å². The lowest BCUT2D eigenvalue weighted by Gasteiger charge is -2.13. The van der Waals surface area contributed by atoms with Crippen molar-refractivity contribution in [3.63, 3.8) is 0 Å². The number of hydrogen-bond acceptors (Lipinski definition) is 6. The molecule has 0 unspecified atom stereocenters. The summed E-state index contributed by atoms with van der Waals surface area (Å²) in [6, 6.07) is 7.36. The number of nitrogens with one attached hydrogen (secondary N) is 1. The zero-order valence-corrected chi connectivity index (χ0v) is 14.2. The van der Waals surface area contributed by atoms with E-state index in [0.717, 1.165) is 0 Å². The normalized spacial score (nSPS) is 10.6. The number of nitrogens with zero attached hydrogens (tertiary/aromatic N) is 2. The van der Waals surface area contributed by atoms with Crippen LogP contribution >= 0.6 is 11.6 Å².